The number of aliphatic imine (C=N–C) groups is 1. The van der Waals surface area contributed by atoms with E-state index in [0.29, 0.717) is 0 Å². The van der Waals surface area contributed by atoms with Gasteiger partial charge in [-0.1, -0.05) is 43.5 Å². The Morgan fingerprint density at radius 1 is 1.00 bits per heavy atom. The maximum atomic E-state index is 5.18. The molecule has 4 heteroatoms. The monoisotopic (exact) mass is 376 g/mol. The molecule has 0 amide bonds. The Morgan fingerprint density at radius 3 is 2.44 bits per heavy atom. The maximum Gasteiger partial charge on any atom is 0.209 e. The molecule has 1 aromatic heterocycles. The average Bonchev–Trinajstić information content (AvgIpc) is 3.22. The van der Waals surface area contributed by atoms with E-state index in [1.165, 1.54) is 37.7 Å². The number of hydrogen-bond donors (Lipinski definition) is 0. The van der Waals surface area contributed by atoms with Crippen LogP contribution < -0.4 is 4.74 Å². The minimum Gasteiger partial charge on any atom is -0.497 e. The smallest absolute Gasteiger partial charge is 0.209 e. The van der Waals surface area contributed by atoms with Crippen LogP contribution in [0.15, 0.2) is 58.9 Å². The Hall–Kier alpha value is -2.46. The predicted molar refractivity (Wildman–Crippen MR) is 114 cm³/mol. The molecule has 1 aliphatic rings. The maximum absolute atomic E-state index is 5.18. The highest BCUT2D eigenvalue weighted by molar-refractivity contribution is 7.13. The lowest BCUT2D eigenvalue weighted by Gasteiger charge is -2.22. The van der Waals surface area contributed by atoms with Gasteiger partial charge in [-0.25, -0.2) is 9.98 Å². The molecule has 27 heavy (non-hydrogen) atoms. The largest absolute Gasteiger partial charge is 0.497 e. The van der Waals surface area contributed by atoms with E-state index in [0.717, 1.165) is 33.6 Å². The molecule has 1 saturated carbocycles. The van der Waals surface area contributed by atoms with Crippen LogP contribution in [-0.2, 0) is 0 Å². The zero-order valence-electron chi connectivity index (χ0n) is 15.6. The van der Waals surface area contributed by atoms with E-state index < -0.39 is 0 Å². The van der Waals surface area contributed by atoms with Gasteiger partial charge in [-0.05, 0) is 54.2 Å². The van der Waals surface area contributed by atoms with Crippen molar-refractivity contribution in [3.8, 4) is 17.0 Å². The van der Waals surface area contributed by atoms with Gasteiger partial charge < -0.3 is 4.74 Å². The zero-order chi connectivity index (χ0) is 18.5. The lowest BCUT2D eigenvalue weighted by molar-refractivity contribution is 0.415. The summed E-state index contributed by atoms with van der Waals surface area (Å²) in [5.41, 5.74) is 4.67. The Bertz CT molecular complexity index is 891. The van der Waals surface area contributed by atoms with Crippen molar-refractivity contribution in [2.75, 3.05) is 7.11 Å². The summed E-state index contributed by atoms with van der Waals surface area (Å²) in [5.74, 6) is 1.59. The molecule has 3 nitrogen and oxygen atoms in total. The van der Waals surface area contributed by atoms with Crippen LogP contribution >= 0.6 is 11.3 Å². The first kappa shape index (κ1) is 17.9. The van der Waals surface area contributed by atoms with Crippen LogP contribution in [0.5, 0.6) is 5.75 Å². The highest BCUT2D eigenvalue weighted by Gasteiger charge is 2.15. The summed E-state index contributed by atoms with van der Waals surface area (Å²) >= 11 is 1.57. The van der Waals surface area contributed by atoms with Crippen LogP contribution in [0.4, 0.5) is 5.13 Å². The molecule has 4 rings (SSSR count). The van der Waals surface area contributed by atoms with Gasteiger partial charge in [0.15, 0.2) is 0 Å². The first-order valence-corrected chi connectivity index (χ1v) is 10.4. The fourth-order valence-electron chi connectivity index (χ4n) is 3.64. The van der Waals surface area contributed by atoms with Crippen LogP contribution in [0.2, 0.25) is 0 Å². The highest BCUT2D eigenvalue weighted by atomic mass is 32.1. The summed E-state index contributed by atoms with van der Waals surface area (Å²) < 4.78 is 5.18. The van der Waals surface area contributed by atoms with Crippen molar-refractivity contribution in [2.24, 2.45) is 4.99 Å². The van der Waals surface area contributed by atoms with Gasteiger partial charge in [0.25, 0.3) is 0 Å². The number of nitrogens with zero attached hydrogens (tertiary/aromatic N) is 2. The molecule has 0 bridgehead atoms. The number of hydrogen-bond acceptors (Lipinski definition) is 4. The van der Waals surface area contributed by atoms with Crippen molar-refractivity contribution in [2.45, 2.75) is 38.0 Å². The third-order valence-corrected chi connectivity index (χ3v) is 5.96. The SMILES string of the molecule is COc1ccc(C=Nc2nc(-c3ccc(C4CCCCC4)cc3)cs2)cc1. The quantitative estimate of drug-likeness (QED) is 0.469. The summed E-state index contributed by atoms with van der Waals surface area (Å²) in [7, 11) is 1.67. The summed E-state index contributed by atoms with van der Waals surface area (Å²) in [6.07, 6.45) is 8.64. The topological polar surface area (TPSA) is 34.5 Å². The first-order valence-electron chi connectivity index (χ1n) is 9.56. The fraction of sp³-hybridized carbons (Fsp3) is 0.304. The molecule has 0 saturated heterocycles. The van der Waals surface area contributed by atoms with Crippen LogP contribution in [0.25, 0.3) is 11.3 Å². The highest BCUT2D eigenvalue weighted by Crippen LogP contribution is 2.34. The van der Waals surface area contributed by atoms with Crippen LogP contribution in [0, 0.1) is 0 Å². The molecule has 1 fully saturated rings. The van der Waals surface area contributed by atoms with Gasteiger partial charge in [-0.2, -0.15) is 0 Å². The van der Waals surface area contributed by atoms with Gasteiger partial charge in [-0.15, -0.1) is 11.3 Å². The molecule has 0 atom stereocenters. The molecule has 0 N–H and O–H groups in total. The first-order chi connectivity index (χ1) is 13.3. The second-order valence-corrected chi connectivity index (χ2v) is 7.84. The molecule has 0 radical (unpaired) electrons. The zero-order valence-corrected chi connectivity index (χ0v) is 16.4. The molecule has 0 aliphatic heterocycles. The van der Waals surface area contributed by atoms with Crippen molar-refractivity contribution in [1.82, 2.24) is 4.98 Å². The number of ether oxygens (including phenoxy) is 1. The molecule has 3 aromatic rings. The second-order valence-electron chi connectivity index (χ2n) is 7.00. The minimum absolute atomic E-state index is 0.743. The van der Waals surface area contributed by atoms with Crippen molar-refractivity contribution in [3.05, 3.63) is 65.0 Å². The van der Waals surface area contributed by atoms with E-state index >= 15 is 0 Å². The standard InChI is InChI=1S/C23H24N2OS/c1-26-21-13-7-17(8-14-21)15-24-23-25-22(16-27-23)20-11-9-19(10-12-20)18-5-3-2-4-6-18/h7-16,18H,2-6H2,1H3. The van der Waals surface area contributed by atoms with E-state index in [1.807, 2.05) is 30.5 Å². The molecule has 0 spiro atoms. The molecule has 1 heterocycles. The normalized spacial score (nSPS) is 15.3. The molecule has 0 unspecified atom stereocenters. The van der Waals surface area contributed by atoms with Crippen LogP contribution in [0.3, 0.4) is 0 Å². The number of rotatable bonds is 5. The van der Waals surface area contributed by atoms with E-state index in [2.05, 4.69) is 39.6 Å². The predicted octanol–water partition coefficient (Wildman–Crippen LogP) is 6.62. The number of aromatic nitrogens is 1. The fourth-order valence-corrected chi connectivity index (χ4v) is 4.31. The van der Waals surface area contributed by atoms with Crippen molar-refractivity contribution < 1.29 is 4.74 Å². The third-order valence-electron chi connectivity index (χ3n) is 5.21. The third kappa shape index (κ3) is 4.45. The van der Waals surface area contributed by atoms with E-state index in [-0.39, 0.29) is 0 Å². The Labute approximate surface area is 164 Å². The number of benzene rings is 2. The number of methoxy groups -OCH3 is 1. The van der Waals surface area contributed by atoms with Crippen LogP contribution in [-0.4, -0.2) is 18.3 Å². The molecule has 2 aromatic carbocycles. The average molecular weight is 377 g/mol. The van der Waals surface area contributed by atoms with Gasteiger partial charge in [-0.3, -0.25) is 0 Å². The summed E-state index contributed by atoms with van der Waals surface area (Å²) in [6.45, 7) is 0. The van der Waals surface area contributed by atoms with Crippen molar-refractivity contribution in [1.29, 1.82) is 0 Å². The van der Waals surface area contributed by atoms with Gasteiger partial charge in [0.2, 0.25) is 5.13 Å². The van der Waals surface area contributed by atoms with Crippen molar-refractivity contribution in [3.63, 3.8) is 0 Å². The Kier molecular flexibility index (Phi) is 5.64. The van der Waals surface area contributed by atoms with Crippen molar-refractivity contribution >= 4 is 22.7 Å². The second kappa shape index (κ2) is 8.49. The molecular weight excluding hydrogens is 352 g/mol. The van der Waals surface area contributed by atoms with Crippen LogP contribution in [0.1, 0.15) is 49.1 Å². The van der Waals surface area contributed by atoms with Gasteiger partial charge in [0.1, 0.15) is 5.75 Å². The summed E-state index contributed by atoms with van der Waals surface area (Å²) in [5, 5.41) is 2.85. The lowest BCUT2D eigenvalue weighted by Crippen LogP contribution is -2.04. The van der Waals surface area contributed by atoms with E-state index in [4.69, 9.17) is 4.74 Å². The Balaban J connectivity index is 1.44. The molecule has 1 aliphatic carbocycles. The molecule has 138 valence electrons. The summed E-state index contributed by atoms with van der Waals surface area (Å²) in [4.78, 5) is 9.18. The van der Waals surface area contributed by atoms with E-state index in [9.17, 15) is 0 Å². The number of thiazole rings is 1. The lowest BCUT2D eigenvalue weighted by atomic mass is 9.84. The van der Waals surface area contributed by atoms with Gasteiger partial charge in [0, 0.05) is 17.2 Å². The van der Waals surface area contributed by atoms with Gasteiger partial charge in [0.05, 0.1) is 12.8 Å². The minimum atomic E-state index is 0.743. The van der Waals surface area contributed by atoms with Gasteiger partial charge >= 0.3 is 0 Å². The summed E-state index contributed by atoms with van der Waals surface area (Å²) in [6, 6.07) is 16.8. The van der Waals surface area contributed by atoms with E-state index in [1.54, 1.807) is 18.4 Å². The Morgan fingerprint density at radius 2 is 1.74 bits per heavy atom. The molecular formula is C23H24N2OS.